The quantitative estimate of drug-likeness (QED) is 0.735. The number of carbonyl (C=O) groups excluding carboxylic acids is 1. The normalized spacial score (nSPS) is 10.7. The Bertz CT molecular complexity index is 599. The molecule has 0 radical (unpaired) electrons. The van der Waals surface area contributed by atoms with Crippen LogP contribution in [0.2, 0.25) is 0 Å². The van der Waals surface area contributed by atoms with Gasteiger partial charge in [-0.3, -0.25) is 9.69 Å². The zero-order chi connectivity index (χ0) is 16.5. The third-order valence-electron chi connectivity index (χ3n) is 3.40. The first-order valence-corrected chi connectivity index (χ1v) is 7.64. The number of nitrogens with two attached hydrogens (primary N) is 2. The van der Waals surface area contributed by atoms with Crippen molar-refractivity contribution in [2.24, 2.45) is 11.5 Å². The van der Waals surface area contributed by atoms with Crippen LogP contribution >= 0.6 is 0 Å². The number of hydrogen-bond donors (Lipinski definition) is 2. The Hall–Kier alpha value is -2.37. The van der Waals surface area contributed by atoms with Crippen LogP contribution in [0.25, 0.3) is 0 Å². The second kappa shape index (κ2) is 8.92. The summed E-state index contributed by atoms with van der Waals surface area (Å²) in [6.07, 6.45) is 0. The summed E-state index contributed by atoms with van der Waals surface area (Å²) in [7, 11) is 0. The third-order valence-corrected chi connectivity index (χ3v) is 3.40. The van der Waals surface area contributed by atoms with Crippen molar-refractivity contribution in [1.82, 2.24) is 4.90 Å². The predicted molar refractivity (Wildman–Crippen MR) is 90.7 cm³/mol. The van der Waals surface area contributed by atoms with Crippen LogP contribution < -0.4 is 16.2 Å². The zero-order valence-corrected chi connectivity index (χ0v) is 13.2. The van der Waals surface area contributed by atoms with Crippen LogP contribution in [0.15, 0.2) is 54.6 Å². The smallest absolute Gasteiger partial charge is 0.231 e. The Morgan fingerprint density at radius 2 is 1.70 bits per heavy atom. The fraction of sp³-hybridized carbons (Fsp3) is 0.278. The molecule has 122 valence electrons. The van der Waals surface area contributed by atoms with Gasteiger partial charge in [0.1, 0.15) is 12.4 Å². The highest BCUT2D eigenvalue weighted by Gasteiger charge is 2.08. The van der Waals surface area contributed by atoms with E-state index < -0.39 is 0 Å². The van der Waals surface area contributed by atoms with Gasteiger partial charge in [0, 0.05) is 19.6 Å². The monoisotopic (exact) mass is 313 g/mol. The molecule has 0 atom stereocenters. The molecule has 0 heterocycles. The van der Waals surface area contributed by atoms with E-state index in [4.69, 9.17) is 16.2 Å². The lowest BCUT2D eigenvalue weighted by molar-refractivity contribution is -0.119. The molecular weight excluding hydrogens is 290 g/mol. The van der Waals surface area contributed by atoms with Crippen molar-refractivity contribution in [3.8, 4) is 5.75 Å². The fourth-order valence-electron chi connectivity index (χ4n) is 2.31. The summed E-state index contributed by atoms with van der Waals surface area (Å²) in [5.41, 5.74) is 13.0. The number of hydrogen-bond acceptors (Lipinski definition) is 4. The predicted octanol–water partition coefficient (Wildman–Crippen LogP) is 1.51. The molecule has 0 unspecified atom stereocenters. The van der Waals surface area contributed by atoms with E-state index in [2.05, 4.69) is 0 Å². The van der Waals surface area contributed by atoms with Crippen LogP contribution in [-0.4, -0.2) is 30.4 Å². The van der Waals surface area contributed by atoms with Gasteiger partial charge in [-0.25, -0.2) is 0 Å². The maximum Gasteiger partial charge on any atom is 0.231 e. The number of primary amides is 1. The first-order chi connectivity index (χ1) is 11.2. The molecular formula is C18H23N3O2. The highest BCUT2D eigenvalue weighted by Crippen LogP contribution is 2.15. The molecule has 1 amide bonds. The van der Waals surface area contributed by atoms with E-state index in [0.717, 1.165) is 16.9 Å². The first-order valence-electron chi connectivity index (χ1n) is 7.64. The Morgan fingerprint density at radius 3 is 2.30 bits per heavy atom. The van der Waals surface area contributed by atoms with E-state index in [1.54, 1.807) is 0 Å². The summed E-state index contributed by atoms with van der Waals surface area (Å²) < 4.78 is 5.76. The van der Waals surface area contributed by atoms with Crippen molar-refractivity contribution in [3.63, 3.8) is 0 Å². The number of amides is 1. The second-order valence-electron chi connectivity index (χ2n) is 5.38. The van der Waals surface area contributed by atoms with Crippen LogP contribution in [0.1, 0.15) is 11.1 Å². The molecule has 0 saturated heterocycles. The minimum atomic E-state index is -0.346. The Labute approximate surface area is 136 Å². The van der Waals surface area contributed by atoms with Crippen molar-refractivity contribution in [2.45, 2.75) is 13.2 Å². The van der Waals surface area contributed by atoms with Crippen molar-refractivity contribution in [3.05, 3.63) is 65.7 Å². The van der Waals surface area contributed by atoms with Crippen molar-refractivity contribution in [1.29, 1.82) is 0 Å². The molecule has 5 heteroatoms. The number of carbonyl (C=O) groups is 1. The van der Waals surface area contributed by atoms with Crippen molar-refractivity contribution < 1.29 is 9.53 Å². The molecule has 0 aliphatic rings. The molecule has 2 aromatic carbocycles. The zero-order valence-electron chi connectivity index (χ0n) is 13.2. The molecule has 2 rings (SSSR count). The number of ether oxygens (including phenoxy) is 1. The summed E-state index contributed by atoms with van der Waals surface area (Å²) in [4.78, 5) is 13.0. The van der Waals surface area contributed by atoms with Gasteiger partial charge in [-0.05, 0) is 23.3 Å². The SMILES string of the molecule is NCCN(CC(N)=O)Cc1ccc(OCc2ccccc2)cc1. The van der Waals surface area contributed by atoms with Gasteiger partial charge >= 0.3 is 0 Å². The van der Waals surface area contributed by atoms with E-state index in [1.807, 2.05) is 59.5 Å². The fourth-order valence-corrected chi connectivity index (χ4v) is 2.31. The number of nitrogens with zero attached hydrogens (tertiary/aromatic N) is 1. The summed E-state index contributed by atoms with van der Waals surface area (Å²) in [5, 5.41) is 0. The summed E-state index contributed by atoms with van der Waals surface area (Å²) in [6.45, 7) is 2.52. The molecule has 0 aliphatic heterocycles. The number of rotatable bonds is 9. The highest BCUT2D eigenvalue weighted by atomic mass is 16.5. The molecule has 0 aliphatic carbocycles. The van der Waals surface area contributed by atoms with Crippen molar-refractivity contribution >= 4 is 5.91 Å². The molecule has 2 aromatic rings. The van der Waals surface area contributed by atoms with E-state index in [0.29, 0.717) is 26.2 Å². The largest absolute Gasteiger partial charge is 0.489 e. The van der Waals surface area contributed by atoms with Gasteiger partial charge in [0.25, 0.3) is 0 Å². The van der Waals surface area contributed by atoms with Crippen LogP contribution in [0.3, 0.4) is 0 Å². The summed E-state index contributed by atoms with van der Waals surface area (Å²) >= 11 is 0. The minimum absolute atomic E-state index is 0.212. The van der Waals surface area contributed by atoms with Crippen molar-refractivity contribution in [2.75, 3.05) is 19.6 Å². The topological polar surface area (TPSA) is 81.6 Å². The molecule has 0 aromatic heterocycles. The second-order valence-corrected chi connectivity index (χ2v) is 5.38. The standard InChI is InChI=1S/C18H23N3O2/c19-10-11-21(13-18(20)22)12-15-6-8-17(9-7-15)23-14-16-4-2-1-3-5-16/h1-9H,10-14,19H2,(H2,20,22). The maximum atomic E-state index is 11.1. The van der Waals surface area contributed by atoms with Gasteiger partial charge in [-0.15, -0.1) is 0 Å². The van der Waals surface area contributed by atoms with E-state index in [-0.39, 0.29) is 12.5 Å². The lowest BCUT2D eigenvalue weighted by Gasteiger charge is -2.20. The Balaban J connectivity index is 1.89. The lowest BCUT2D eigenvalue weighted by atomic mass is 10.2. The Morgan fingerprint density at radius 1 is 1.00 bits per heavy atom. The molecule has 0 fully saturated rings. The molecule has 23 heavy (non-hydrogen) atoms. The van der Waals surface area contributed by atoms with Crippen LogP contribution in [-0.2, 0) is 17.9 Å². The van der Waals surface area contributed by atoms with Gasteiger partial charge in [0.2, 0.25) is 5.91 Å². The third kappa shape index (κ3) is 6.10. The molecule has 5 nitrogen and oxygen atoms in total. The molecule has 4 N–H and O–H groups in total. The molecule has 0 spiro atoms. The minimum Gasteiger partial charge on any atom is -0.489 e. The van der Waals surface area contributed by atoms with Crippen LogP contribution in [0.4, 0.5) is 0 Å². The average Bonchev–Trinajstić information content (AvgIpc) is 2.55. The summed E-state index contributed by atoms with van der Waals surface area (Å²) in [6, 6.07) is 17.9. The van der Waals surface area contributed by atoms with Gasteiger partial charge in [-0.1, -0.05) is 42.5 Å². The van der Waals surface area contributed by atoms with Gasteiger partial charge < -0.3 is 16.2 Å². The van der Waals surface area contributed by atoms with E-state index in [9.17, 15) is 4.79 Å². The highest BCUT2D eigenvalue weighted by molar-refractivity contribution is 5.75. The Kier molecular flexibility index (Phi) is 6.59. The van der Waals surface area contributed by atoms with E-state index >= 15 is 0 Å². The molecule has 0 saturated carbocycles. The van der Waals surface area contributed by atoms with E-state index in [1.165, 1.54) is 0 Å². The van der Waals surface area contributed by atoms with Gasteiger partial charge in [-0.2, -0.15) is 0 Å². The number of benzene rings is 2. The average molecular weight is 313 g/mol. The molecule has 0 bridgehead atoms. The van der Waals surface area contributed by atoms with Gasteiger partial charge in [0.05, 0.1) is 6.54 Å². The lowest BCUT2D eigenvalue weighted by Crippen LogP contribution is -2.36. The summed E-state index contributed by atoms with van der Waals surface area (Å²) in [5.74, 6) is 0.471. The first kappa shape index (κ1) is 17.0. The van der Waals surface area contributed by atoms with Gasteiger partial charge in [0.15, 0.2) is 0 Å². The van der Waals surface area contributed by atoms with Crippen LogP contribution in [0, 0.1) is 0 Å². The van der Waals surface area contributed by atoms with Crippen LogP contribution in [0.5, 0.6) is 5.75 Å². The maximum absolute atomic E-state index is 11.1.